The van der Waals surface area contributed by atoms with Gasteiger partial charge in [0, 0.05) is 24.2 Å². The average Bonchev–Trinajstić information content (AvgIpc) is 2.91. The highest BCUT2D eigenvalue weighted by atomic mass is 35.5. The number of ether oxygens (including phenoxy) is 2. The highest BCUT2D eigenvalue weighted by Gasteiger charge is 2.22. The summed E-state index contributed by atoms with van der Waals surface area (Å²) in [6.45, 7) is 0.795. The van der Waals surface area contributed by atoms with Crippen LogP contribution in [0.4, 0.5) is 9.18 Å². The Morgan fingerprint density at radius 1 is 1.08 bits per heavy atom. The molecule has 7 nitrogen and oxygen atoms in total. The zero-order valence-corrected chi connectivity index (χ0v) is 22.3. The summed E-state index contributed by atoms with van der Waals surface area (Å²) in [6.07, 6.45) is 6.08. The highest BCUT2D eigenvalue weighted by Crippen LogP contribution is 2.30. The minimum atomic E-state index is -0.623. The minimum absolute atomic E-state index is 0.0478. The van der Waals surface area contributed by atoms with Gasteiger partial charge in [0.15, 0.2) is 0 Å². The van der Waals surface area contributed by atoms with Crippen molar-refractivity contribution in [1.82, 2.24) is 16.0 Å². The van der Waals surface area contributed by atoms with Gasteiger partial charge in [-0.15, -0.1) is 0 Å². The number of carbonyl (C=O) groups is 2. The van der Waals surface area contributed by atoms with Crippen LogP contribution in [-0.2, 0) is 9.47 Å². The number of alkyl carbamates (subject to hydrolysis) is 1. The van der Waals surface area contributed by atoms with Gasteiger partial charge >= 0.3 is 6.09 Å². The molecule has 0 spiro atoms. The van der Waals surface area contributed by atoms with Crippen molar-refractivity contribution in [2.75, 3.05) is 33.9 Å². The molecule has 1 aliphatic carbocycles. The van der Waals surface area contributed by atoms with Crippen LogP contribution in [0.25, 0.3) is 0 Å². The Labute approximate surface area is 223 Å². The van der Waals surface area contributed by atoms with Crippen LogP contribution in [0.15, 0.2) is 42.5 Å². The first kappa shape index (κ1) is 28.9. The summed E-state index contributed by atoms with van der Waals surface area (Å²) < 4.78 is 25.4. The molecular weight excluding hydrogens is 497 g/mol. The number of benzene rings is 2. The Hall–Kier alpha value is -2.68. The lowest BCUT2D eigenvalue weighted by Gasteiger charge is -2.26. The van der Waals surface area contributed by atoms with Crippen LogP contribution >= 0.6 is 11.6 Å². The van der Waals surface area contributed by atoms with Gasteiger partial charge in [-0.2, -0.15) is 0 Å². The second kappa shape index (κ2) is 14.9. The van der Waals surface area contributed by atoms with Crippen molar-refractivity contribution in [2.45, 2.75) is 50.7 Å². The lowest BCUT2D eigenvalue weighted by molar-refractivity contribution is 0.0803. The van der Waals surface area contributed by atoms with Crippen molar-refractivity contribution in [3.8, 4) is 0 Å². The summed E-state index contributed by atoms with van der Waals surface area (Å²) >= 11 is 6.20. The molecule has 0 heterocycles. The first-order valence-electron chi connectivity index (χ1n) is 12.8. The first-order valence-corrected chi connectivity index (χ1v) is 13.2. The molecule has 37 heavy (non-hydrogen) atoms. The average molecular weight is 534 g/mol. The molecule has 0 saturated heterocycles. The van der Waals surface area contributed by atoms with Gasteiger partial charge in [0.25, 0.3) is 5.91 Å². The number of halogens is 2. The number of hydrogen-bond donors (Lipinski definition) is 3. The molecule has 1 fully saturated rings. The molecule has 3 N–H and O–H groups in total. The van der Waals surface area contributed by atoms with E-state index < -0.39 is 23.9 Å². The maximum absolute atomic E-state index is 14.8. The Morgan fingerprint density at radius 2 is 1.84 bits per heavy atom. The summed E-state index contributed by atoms with van der Waals surface area (Å²) in [7, 11) is 3.17. The number of hydrogen-bond acceptors (Lipinski definition) is 5. The molecule has 2 aromatic rings. The normalized spacial score (nSPS) is 15.6. The number of nitrogens with one attached hydrogen (secondary N) is 3. The van der Waals surface area contributed by atoms with Gasteiger partial charge in [-0.1, -0.05) is 61.9 Å². The summed E-state index contributed by atoms with van der Waals surface area (Å²) in [4.78, 5) is 24.4. The van der Waals surface area contributed by atoms with Crippen molar-refractivity contribution in [2.24, 2.45) is 5.92 Å². The van der Waals surface area contributed by atoms with Crippen molar-refractivity contribution in [3.63, 3.8) is 0 Å². The third-order valence-corrected chi connectivity index (χ3v) is 7.03. The van der Waals surface area contributed by atoms with Crippen LogP contribution in [0.2, 0.25) is 5.02 Å². The molecule has 0 aliphatic heterocycles. The molecule has 2 aromatic carbocycles. The van der Waals surface area contributed by atoms with Gasteiger partial charge in [-0.25, -0.2) is 9.18 Å². The number of carbonyl (C=O) groups excluding carboxylic acids is 2. The molecule has 0 radical (unpaired) electrons. The quantitative estimate of drug-likeness (QED) is 0.325. The van der Waals surface area contributed by atoms with Crippen LogP contribution in [0.1, 0.15) is 66.1 Å². The Balaban J connectivity index is 1.71. The van der Waals surface area contributed by atoms with Gasteiger partial charge in [0.05, 0.1) is 19.3 Å². The van der Waals surface area contributed by atoms with E-state index in [4.69, 9.17) is 16.3 Å². The van der Waals surface area contributed by atoms with Crippen LogP contribution in [-0.4, -0.2) is 51.9 Å². The van der Waals surface area contributed by atoms with E-state index >= 15 is 0 Å². The molecule has 0 bridgehead atoms. The lowest BCUT2D eigenvalue weighted by atomic mass is 9.85. The second-order valence-corrected chi connectivity index (χ2v) is 9.84. The Bertz CT molecular complexity index is 1030. The number of likely N-dealkylation sites (N-methyl/N-ethyl adjacent to an activating group) is 1. The smallest absolute Gasteiger partial charge is 0.406 e. The topological polar surface area (TPSA) is 88.7 Å². The highest BCUT2D eigenvalue weighted by molar-refractivity contribution is 6.30. The largest absolute Gasteiger partial charge is 0.453 e. The van der Waals surface area contributed by atoms with Crippen LogP contribution in [0.5, 0.6) is 0 Å². The van der Waals surface area contributed by atoms with Gasteiger partial charge in [-0.05, 0) is 54.8 Å². The summed E-state index contributed by atoms with van der Waals surface area (Å²) in [5, 5.41) is 9.27. The molecular formula is C28H37ClFN3O4. The van der Waals surface area contributed by atoms with Gasteiger partial charge in [0.2, 0.25) is 0 Å². The summed E-state index contributed by atoms with van der Waals surface area (Å²) in [5.74, 6) is -0.417. The third-order valence-electron chi connectivity index (χ3n) is 6.79. The molecule has 2 atom stereocenters. The molecule has 0 aromatic heterocycles. The fourth-order valence-electron chi connectivity index (χ4n) is 4.78. The first-order chi connectivity index (χ1) is 17.9. The van der Waals surface area contributed by atoms with E-state index in [0.29, 0.717) is 23.0 Å². The molecule has 9 heteroatoms. The number of amides is 2. The second-order valence-electron chi connectivity index (χ2n) is 9.40. The van der Waals surface area contributed by atoms with Crippen LogP contribution < -0.4 is 16.0 Å². The van der Waals surface area contributed by atoms with Crippen molar-refractivity contribution in [3.05, 3.63) is 70.0 Å². The monoisotopic (exact) mass is 533 g/mol. The van der Waals surface area contributed by atoms with E-state index in [-0.39, 0.29) is 24.8 Å². The number of methoxy groups -OCH3 is 1. The molecule has 2 unspecified atom stereocenters. The van der Waals surface area contributed by atoms with E-state index in [1.54, 1.807) is 24.3 Å². The predicted molar refractivity (Wildman–Crippen MR) is 142 cm³/mol. The van der Waals surface area contributed by atoms with Crippen LogP contribution in [0.3, 0.4) is 0 Å². The summed E-state index contributed by atoms with van der Waals surface area (Å²) in [6, 6.07) is 11.6. The third kappa shape index (κ3) is 8.98. The van der Waals surface area contributed by atoms with E-state index in [1.165, 1.54) is 51.3 Å². The maximum atomic E-state index is 14.8. The van der Waals surface area contributed by atoms with Crippen molar-refractivity contribution < 1.29 is 23.5 Å². The van der Waals surface area contributed by atoms with E-state index in [1.807, 2.05) is 13.1 Å². The van der Waals surface area contributed by atoms with Crippen LogP contribution in [0, 0.1) is 11.7 Å². The predicted octanol–water partition coefficient (Wildman–Crippen LogP) is 5.23. The van der Waals surface area contributed by atoms with Crippen molar-refractivity contribution >= 4 is 23.6 Å². The van der Waals surface area contributed by atoms with Gasteiger partial charge in [-0.3, -0.25) is 4.79 Å². The Kier molecular flexibility index (Phi) is 11.6. The zero-order valence-electron chi connectivity index (χ0n) is 21.5. The molecule has 1 aliphatic rings. The van der Waals surface area contributed by atoms with Crippen molar-refractivity contribution in [1.29, 1.82) is 0 Å². The Morgan fingerprint density at radius 3 is 2.54 bits per heavy atom. The molecule has 1 saturated carbocycles. The summed E-state index contributed by atoms with van der Waals surface area (Å²) in [5.41, 5.74) is 1.29. The lowest BCUT2D eigenvalue weighted by Crippen LogP contribution is -2.40. The SMILES string of the molecule is CNC(CNC(=O)c1cc(C(OCCNC(=O)OC)c2cccc(Cl)c2)ccc1F)CC1CCCCC1. The van der Waals surface area contributed by atoms with E-state index in [9.17, 15) is 14.0 Å². The fourth-order valence-corrected chi connectivity index (χ4v) is 4.97. The molecule has 2 amide bonds. The fraction of sp³-hybridized carbons (Fsp3) is 0.500. The van der Waals surface area contributed by atoms with Gasteiger partial charge in [0.1, 0.15) is 11.9 Å². The zero-order chi connectivity index (χ0) is 26.6. The minimum Gasteiger partial charge on any atom is -0.453 e. The maximum Gasteiger partial charge on any atom is 0.406 e. The van der Waals surface area contributed by atoms with Gasteiger partial charge < -0.3 is 25.4 Å². The van der Waals surface area contributed by atoms with E-state index in [0.717, 1.165) is 12.0 Å². The van der Waals surface area contributed by atoms with E-state index in [2.05, 4.69) is 20.7 Å². The molecule has 3 rings (SSSR count). The molecule has 202 valence electrons. The standard InChI is InChI=1S/C28H37ClFN3O4/c1-31-23(15-19-7-4-3-5-8-19)18-33-27(34)24-17-21(11-12-25(24)30)26(20-9-6-10-22(29)16-20)37-14-13-32-28(35)36-2/h6,9-12,16-17,19,23,26,31H,3-5,7-8,13-15,18H2,1-2H3,(H,32,35)(H,33,34). The number of rotatable bonds is 12.